The van der Waals surface area contributed by atoms with Crippen molar-refractivity contribution in [3.05, 3.63) is 59.7 Å². The summed E-state index contributed by atoms with van der Waals surface area (Å²) in [7, 11) is -3.71. The van der Waals surface area contributed by atoms with Crippen LogP contribution in [-0.4, -0.2) is 33.3 Å². The summed E-state index contributed by atoms with van der Waals surface area (Å²) >= 11 is 0. The number of primary sulfonamides is 1. The summed E-state index contributed by atoms with van der Waals surface area (Å²) in [4.78, 5) is 25.5. The summed E-state index contributed by atoms with van der Waals surface area (Å²) in [5.74, 6) is -0.484. The highest BCUT2D eigenvalue weighted by Gasteiger charge is 2.15. The Balaban J connectivity index is 1.90. The molecule has 0 bridgehead atoms. The molecular formula is C19H23N3O4S. The fourth-order valence-corrected chi connectivity index (χ4v) is 3.09. The number of nitrogens with two attached hydrogens (primary N) is 1. The van der Waals surface area contributed by atoms with Gasteiger partial charge in [-0.3, -0.25) is 9.59 Å². The largest absolute Gasteiger partial charge is 0.354 e. The van der Waals surface area contributed by atoms with Crippen LogP contribution in [0.25, 0.3) is 0 Å². The molecule has 0 unspecified atom stereocenters. The number of nitrogens with one attached hydrogen (secondary N) is 1. The minimum atomic E-state index is -3.71. The smallest absolute Gasteiger partial charge is 0.240 e. The second-order valence-corrected chi connectivity index (χ2v) is 7.79. The van der Waals surface area contributed by atoms with Gasteiger partial charge in [0.1, 0.15) is 6.54 Å². The monoisotopic (exact) mass is 389 g/mol. The molecule has 3 N–H and O–H groups in total. The number of hydrogen-bond acceptors (Lipinski definition) is 4. The highest BCUT2D eigenvalue weighted by molar-refractivity contribution is 7.89. The third-order valence-electron chi connectivity index (χ3n) is 3.98. The second kappa shape index (κ2) is 8.79. The van der Waals surface area contributed by atoms with Gasteiger partial charge in [0.25, 0.3) is 0 Å². The zero-order valence-corrected chi connectivity index (χ0v) is 16.1. The molecule has 2 aromatic rings. The molecule has 0 heterocycles. The predicted molar refractivity (Wildman–Crippen MR) is 104 cm³/mol. The maximum absolute atomic E-state index is 12.2. The predicted octanol–water partition coefficient (Wildman–Crippen LogP) is 1.35. The topological polar surface area (TPSA) is 110 Å². The van der Waals surface area contributed by atoms with Crippen molar-refractivity contribution in [3.63, 3.8) is 0 Å². The first-order valence-electron chi connectivity index (χ1n) is 8.40. The molecule has 0 aromatic heterocycles. The highest BCUT2D eigenvalue weighted by Crippen LogP contribution is 2.16. The van der Waals surface area contributed by atoms with Crippen LogP contribution in [0.1, 0.15) is 18.1 Å². The Hall–Kier alpha value is -2.71. The molecule has 0 saturated heterocycles. The van der Waals surface area contributed by atoms with E-state index in [9.17, 15) is 18.0 Å². The van der Waals surface area contributed by atoms with Crippen molar-refractivity contribution >= 4 is 27.5 Å². The van der Waals surface area contributed by atoms with Gasteiger partial charge < -0.3 is 10.2 Å². The summed E-state index contributed by atoms with van der Waals surface area (Å²) in [5, 5.41) is 7.83. The van der Waals surface area contributed by atoms with E-state index in [0.717, 1.165) is 11.1 Å². The molecule has 0 atom stereocenters. The van der Waals surface area contributed by atoms with Crippen LogP contribution in [0.2, 0.25) is 0 Å². The lowest BCUT2D eigenvalue weighted by atomic mass is 10.1. The molecule has 0 aliphatic rings. The maximum atomic E-state index is 12.2. The van der Waals surface area contributed by atoms with Gasteiger partial charge >= 0.3 is 0 Å². The van der Waals surface area contributed by atoms with Crippen molar-refractivity contribution in [1.29, 1.82) is 0 Å². The number of aryl methyl sites for hydroxylation is 1. The van der Waals surface area contributed by atoms with Crippen molar-refractivity contribution < 1.29 is 18.0 Å². The lowest BCUT2D eigenvalue weighted by molar-refractivity contribution is -0.123. The van der Waals surface area contributed by atoms with Gasteiger partial charge in [0.15, 0.2) is 0 Å². The van der Waals surface area contributed by atoms with Crippen LogP contribution < -0.4 is 15.4 Å². The molecule has 0 fully saturated rings. The van der Waals surface area contributed by atoms with Crippen molar-refractivity contribution in [3.8, 4) is 0 Å². The number of sulfonamides is 1. The average Bonchev–Trinajstić information content (AvgIpc) is 2.59. The van der Waals surface area contributed by atoms with E-state index in [1.165, 1.54) is 24.0 Å². The van der Waals surface area contributed by atoms with Crippen LogP contribution in [0.3, 0.4) is 0 Å². The van der Waals surface area contributed by atoms with Crippen LogP contribution in [0.4, 0.5) is 5.69 Å². The normalized spacial score (nSPS) is 11.1. The molecule has 2 aromatic carbocycles. The molecule has 8 heteroatoms. The Kier molecular flexibility index (Phi) is 6.70. The van der Waals surface area contributed by atoms with E-state index in [4.69, 9.17) is 5.14 Å². The van der Waals surface area contributed by atoms with Gasteiger partial charge in [-0.25, -0.2) is 13.6 Å². The number of rotatable bonds is 7. The summed E-state index contributed by atoms with van der Waals surface area (Å²) in [6, 6.07) is 13.6. The summed E-state index contributed by atoms with van der Waals surface area (Å²) < 4.78 is 22.5. The third kappa shape index (κ3) is 6.19. The van der Waals surface area contributed by atoms with E-state index in [2.05, 4.69) is 5.32 Å². The molecule has 0 radical (unpaired) electrons. The zero-order valence-electron chi connectivity index (χ0n) is 15.3. The standard InChI is InChI=1S/C19H23N3O4S/c1-14-4-3-5-17(12-14)22(15(2)23)13-19(24)21-11-10-16-6-8-18(9-7-16)27(20,25)26/h3-9,12H,10-11,13H2,1-2H3,(H,21,24)(H2,20,25,26). The molecule has 2 rings (SSSR count). The Morgan fingerprint density at radius 1 is 1.11 bits per heavy atom. The van der Waals surface area contributed by atoms with Gasteiger partial charge in [-0.1, -0.05) is 24.3 Å². The minimum absolute atomic E-state index is 0.0468. The third-order valence-corrected chi connectivity index (χ3v) is 4.91. The number of carbonyl (C=O) groups excluding carboxylic acids is 2. The maximum Gasteiger partial charge on any atom is 0.240 e. The van der Waals surface area contributed by atoms with Crippen LogP contribution in [-0.2, 0) is 26.0 Å². The summed E-state index contributed by atoms with van der Waals surface area (Å²) in [6.45, 7) is 3.64. The molecular weight excluding hydrogens is 366 g/mol. The number of anilines is 1. The van der Waals surface area contributed by atoms with Crippen molar-refractivity contribution in [2.75, 3.05) is 18.0 Å². The molecule has 0 aliphatic carbocycles. The van der Waals surface area contributed by atoms with E-state index in [0.29, 0.717) is 18.7 Å². The van der Waals surface area contributed by atoms with Gasteiger partial charge in [-0.05, 0) is 48.7 Å². The van der Waals surface area contributed by atoms with Gasteiger partial charge in [0.05, 0.1) is 4.90 Å². The average molecular weight is 389 g/mol. The van der Waals surface area contributed by atoms with Crippen molar-refractivity contribution in [2.45, 2.75) is 25.2 Å². The SMILES string of the molecule is CC(=O)N(CC(=O)NCCc1ccc(S(N)(=O)=O)cc1)c1cccc(C)c1. The lowest BCUT2D eigenvalue weighted by Gasteiger charge is -2.21. The van der Waals surface area contributed by atoms with E-state index in [1.807, 2.05) is 25.1 Å². The number of hydrogen-bond donors (Lipinski definition) is 2. The molecule has 144 valence electrons. The molecule has 0 saturated carbocycles. The quantitative estimate of drug-likeness (QED) is 0.745. The molecule has 0 spiro atoms. The number of nitrogens with zero attached hydrogens (tertiary/aromatic N) is 1. The van der Waals surface area contributed by atoms with Crippen LogP contribution in [0, 0.1) is 6.92 Å². The van der Waals surface area contributed by atoms with Crippen molar-refractivity contribution in [2.24, 2.45) is 5.14 Å². The van der Waals surface area contributed by atoms with Crippen LogP contribution in [0.5, 0.6) is 0 Å². The Labute approximate surface area is 159 Å². The minimum Gasteiger partial charge on any atom is -0.354 e. The van der Waals surface area contributed by atoms with E-state index < -0.39 is 10.0 Å². The first kappa shape index (κ1) is 20.6. The molecule has 7 nitrogen and oxygen atoms in total. The van der Waals surface area contributed by atoms with E-state index >= 15 is 0 Å². The van der Waals surface area contributed by atoms with Gasteiger partial charge in [-0.2, -0.15) is 0 Å². The van der Waals surface area contributed by atoms with Gasteiger partial charge in [0.2, 0.25) is 21.8 Å². The molecule has 2 amide bonds. The van der Waals surface area contributed by atoms with Crippen LogP contribution >= 0.6 is 0 Å². The molecule has 0 aliphatic heterocycles. The highest BCUT2D eigenvalue weighted by atomic mass is 32.2. The fourth-order valence-electron chi connectivity index (χ4n) is 2.57. The van der Waals surface area contributed by atoms with Crippen LogP contribution in [0.15, 0.2) is 53.4 Å². The van der Waals surface area contributed by atoms with Crippen molar-refractivity contribution in [1.82, 2.24) is 5.32 Å². The number of benzene rings is 2. The summed E-state index contributed by atoms with van der Waals surface area (Å²) in [6.07, 6.45) is 0.529. The first-order chi connectivity index (χ1) is 12.7. The lowest BCUT2D eigenvalue weighted by Crippen LogP contribution is -2.40. The Bertz CT molecular complexity index is 924. The van der Waals surface area contributed by atoms with E-state index in [-0.39, 0.29) is 23.3 Å². The van der Waals surface area contributed by atoms with Gasteiger partial charge in [0, 0.05) is 19.2 Å². The molecule has 27 heavy (non-hydrogen) atoms. The van der Waals surface area contributed by atoms with E-state index in [1.54, 1.807) is 18.2 Å². The zero-order chi connectivity index (χ0) is 20.0. The second-order valence-electron chi connectivity index (χ2n) is 6.23. The Morgan fingerprint density at radius 3 is 2.33 bits per heavy atom. The van der Waals surface area contributed by atoms with Gasteiger partial charge in [-0.15, -0.1) is 0 Å². The number of carbonyl (C=O) groups is 2. The fraction of sp³-hybridized carbons (Fsp3) is 0.263. The summed E-state index contributed by atoms with van der Waals surface area (Å²) in [5.41, 5.74) is 2.54. The first-order valence-corrected chi connectivity index (χ1v) is 9.94. The Morgan fingerprint density at radius 2 is 1.78 bits per heavy atom. The number of amides is 2.